The lowest BCUT2D eigenvalue weighted by atomic mass is 10.2. The van der Waals surface area contributed by atoms with Gasteiger partial charge < -0.3 is 14.2 Å². The van der Waals surface area contributed by atoms with Crippen molar-refractivity contribution in [3.63, 3.8) is 0 Å². The maximum Gasteiger partial charge on any atom is 0.279 e. The number of hydrazine groups is 1. The second kappa shape index (κ2) is 7.52. The SMILES string of the molecule is CCN(CC)NC(=O)c1sc2cc(OC)c(OC)cc2c1OC. The van der Waals surface area contributed by atoms with Crippen molar-refractivity contribution in [2.45, 2.75) is 13.8 Å². The number of benzene rings is 1. The van der Waals surface area contributed by atoms with Gasteiger partial charge in [0.1, 0.15) is 4.88 Å². The first-order chi connectivity index (χ1) is 11.1. The summed E-state index contributed by atoms with van der Waals surface area (Å²) in [4.78, 5) is 13.1. The lowest BCUT2D eigenvalue weighted by Crippen LogP contribution is -2.41. The molecule has 1 aromatic heterocycles. The van der Waals surface area contributed by atoms with Gasteiger partial charge in [0.25, 0.3) is 5.91 Å². The summed E-state index contributed by atoms with van der Waals surface area (Å²) in [5.74, 6) is 1.60. The zero-order valence-electron chi connectivity index (χ0n) is 14.1. The first-order valence-corrected chi connectivity index (χ1v) is 8.19. The van der Waals surface area contributed by atoms with Gasteiger partial charge in [0.15, 0.2) is 17.2 Å². The van der Waals surface area contributed by atoms with Crippen LogP contribution in [0.1, 0.15) is 23.5 Å². The van der Waals surface area contributed by atoms with Gasteiger partial charge in [0, 0.05) is 29.2 Å². The van der Waals surface area contributed by atoms with Crippen molar-refractivity contribution in [3.05, 3.63) is 17.0 Å². The van der Waals surface area contributed by atoms with Crippen molar-refractivity contribution >= 4 is 27.3 Å². The zero-order chi connectivity index (χ0) is 17.0. The summed E-state index contributed by atoms with van der Waals surface area (Å²) < 4.78 is 17.0. The first kappa shape index (κ1) is 17.4. The highest BCUT2D eigenvalue weighted by atomic mass is 32.1. The summed E-state index contributed by atoms with van der Waals surface area (Å²) in [5.41, 5.74) is 2.89. The van der Waals surface area contributed by atoms with E-state index < -0.39 is 0 Å². The maximum atomic E-state index is 12.5. The van der Waals surface area contributed by atoms with Crippen LogP contribution in [0.3, 0.4) is 0 Å². The van der Waals surface area contributed by atoms with Gasteiger partial charge in [-0.3, -0.25) is 10.2 Å². The van der Waals surface area contributed by atoms with Gasteiger partial charge in [0.05, 0.1) is 21.3 Å². The average molecular weight is 338 g/mol. The molecule has 2 rings (SSSR count). The number of methoxy groups -OCH3 is 3. The lowest BCUT2D eigenvalue weighted by molar-refractivity contribution is 0.0807. The van der Waals surface area contributed by atoms with E-state index in [9.17, 15) is 4.79 Å². The van der Waals surface area contributed by atoms with Crippen LogP contribution >= 0.6 is 11.3 Å². The highest BCUT2D eigenvalue weighted by molar-refractivity contribution is 7.21. The van der Waals surface area contributed by atoms with Crippen LogP contribution in [0, 0.1) is 0 Å². The summed E-state index contributed by atoms with van der Waals surface area (Å²) in [6, 6.07) is 3.69. The van der Waals surface area contributed by atoms with Gasteiger partial charge in [-0.05, 0) is 6.07 Å². The van der Waals surface area contributed by atoms with Crippen molar-refractivity contribution < 1.29 is 19.0 Å². The highest BCUT2D eigenvalue weighted by Crippen LogP contribution is 2.43. The molecule has 0 bridgehead atoms. The number of amides is 1. The van der Waals surface area contributed by atoms with Crippen LogP contribution < -0.4 is 19.6 Å². The third kappa shape index (κ3) is 3.35. The van der Waals surface area contributed by atoms with E-state index in [0.717, 1.165) is 23.2 Å². The van der Waals surface area contributed by atoms with Crippen molar-refractivity contribution in [3.8, 4) is 17.2 Å². The molecule has 0 spiro atoms. The Labute approximate surface area is 139 Å². The van der Waals surface area contributed by atoms with Crippen LogP contribution in [0.2, 0.25) is 0 Å². The van der Waals surface area contributed by atoms with E-state index in [1.807, 2.05) is 31.0 Å². The summed E-state index contributed by atoms with van der Waals surface area (Å²) in [7, 11) is 4.73. The molecule has 0 saturated carbocycles. The summed E-state index contributed by atoms with van der Waals surface area (Å²) in [6.07, 6.45) is 0. The molecule has 1 aromatic carbocycles. The maximum absolute atomic E-state index is 12.5. The number of hydrogen-bond donors (Lipinski definition) is 1. The highest BCUT2D eigenvalue weighted by Gasteiger charge is 2.22. The predicted octanol–water partition coefficient (Wildman–Crippen LogP) is 2.91. The predicted molar refractivity (Wildman–Crippen MR) is 91.9 cm³/mol. The standard InChI is InChI=1S/C16H22N2O4S/c1-6-18(7-2)17-16(19)15-14(22-5)10-8-11(20-3)12(21-4)9-13(10)23-15/h8-9H,6-7H2,1-5H3,(H,17,19). The smallest absolute Gasteiger partial charge is 0.279 e. The molecule has 0 atom stereocenters. The van der Waals surface area contributed by atoms with Gasteiger partial charge in [-0.25, -0.2) is 5.01 Å². The number of carbonyl (C=O) groups excluding carboxylic acids is 1. The second-order valence-electron chi connectivity index (χ2n) is 4.78. The van der Waals surface area contributed by atoms with E-state index in [4.69, 9.17) is 14.2 Å². The van der Waals surface area contributed by atoms with Crippen LogP contribution in [-0.4, -0.2) is 45.3 Å². The fourth-order valence-corrected chi connectivity index (χ4v) is 3.40. The normalized spacial score (nSPS) is 10.9. The first-order valence-electron chi connectivity index (χ1n) is 7.37. The lowest BCUT2D eigenvalue weighted by Gasteiger charge is -2.18. The van der Waals surface area contributed by atoms with E-state index in [-0.39, 0.29) is 5.91 Å². The largest absolute Gasteiger partial charge is 0.494 e. The van der Waals surface area contributed by atoms with Crippen molar-refractivity contribution in [1.29, 1.82) is 0 Å². The van der Waals surface area contributed by atoms with Gasteiger partial charge >= 0.3 is 0 Å². The molecule has 1 N–H and O–H groups in total. The molecule has 0 radical (unpaired) electrons. The minimum atomic E-state index is -0.176. The monoisotopic (exact) mass is 338 g/mol. The number of ether oxygens (including phenoxy) is 3. The fourth-order valence-electron chi connectivity index (χ4n) is 2.33. The van der Waals surface area contributed by atoms with Crippen LogP contribution in [0.15, 0.2) is 12.1 Å². The zero-order valence-corrected chi connectivity index (χ0v) is 14.9. The molecule has 0 aliphatic carbocycles. The Balaban J connectivity index is 2.50. The molecule has 2 aromatic rings. The average Bonchev–Trinajstić information content (AvgIpc) is 2.95. The number of nitrogens with one attached hydrogen (secondary N) is 1. The van der Waals surface area contributed by atoms with Crippen molar-refractivity contribution in [2.24, 2.45) is 0 Å². The molecular weight excluding hydrogens is 316 g/mol. The van der Waals surface area contributed by atoms with E-state index in [2.05, 4.69) is 5.43 Å². The Morgan fingerprint density at radius 3 is 2.22 bits per heavy atom. The minimum Gasteiger partial charge on any atom is -0.494 e. The molecule has 1 heterocycles. The molecule has 23 heavy (non-hydrogen) atoms. The topological polar surface area (TPSA) is 60.0 Å². The number of thiophene rings is 1. The van der Waals surface area contributed by atoms with Gasteiger partial charge in [-0.2, -0.15) is 0 Å². The Kier molecular flexibility index (Phi) is 5.68. The molecular formula is C16H22N2O4S. The third-order valence-corrected chi connectivity index (χ3v) is 4.71. The molecule has 126 valence electrons. The molecule has 0 unspecified atom stereocenters. The quantitative estimate of drug-likeness (QED) is 0.787. The van der Waals surface area contributed by atoms with E-state index in [1.165, 1.54) is 11.3 Å². The Morgan fingerprint density at radius 2 is 1.70 bits per heavy atom. The molecule has 0 aliphatic heterocycles. The van der Waals surface area contributed by atoms with Gasteiger partial charge in [-0.1, -0.05) is 13.8 Å². The molecule has 0 aliphatic rings. The number of carbonyl (C=O) groups is 1. The van der Waals surface area contributed by atoms with E-state index in [0.29, 0.717) is 22.1 Å². The molecule has 7 heteroatoms. The Morgan fingerprint density at radius 1 is 1.09 bits per heavy atom. The van der Waals surface area contributed by atoms with E-state index in [1.54, 1.807) is 21.3 Å². The van der Waals surface area contributed by atoms with Crippen molar-refractivity contribution in [2.75, 3.05) is 34.4 Å². The van der Waals surface area contributed by atoms with Crippen LogP contribution in [0.25, 0.3) is 10.1 Å². The molecule has 6 nitrogen and oxygen atoms in total. The second-order valence-corrected chi connectivity index (χ2v) is 5.83. The molecule has 0 saturated heterocycles. The van der Waals surface area contributed by atoms with E-state index >= 15 is 0 Å². The minimum absolute atomic E-state index is 0.176. The summed E-state index contributed by atoms with van der Waals surface area (Å²) in [6.45, 7) is 5.44. The number of rotatable bonds is 7. The van der Waals surface area contributed by atoms with Crippen LogP contribution in [0.5, 0.6) is 17.2 Å². The van der Waals surface area contributed by atoms with Crippen LogP contribution in [-0.2, 0) is 0 Å². The molecule has 1 amide bonds. The van der Waals surface area contributed by atoms with Crippen molar-refractivity contribution in [1.82, 2.24) is 10.4 Å². The summed E-state index contributed by atoms with van der Waals surface area (Å²) >= 11 is 1.37. The number of hydrogen-bond acceptors (Lipinski definition) is 6. The third-order valence-electron chi connectivity index (χ3n) is 3.58. The fraction of sp³-hybridized carbons (Fsp3) is 0.438. The number of nitrogens with zero attached hydrogens (tertiary/aromatic N) is 1. The Bertz CT molecular complexity index is 695. The van der Waals surface area contributed by atoms with Gasteiger partial charge in [0.2, 0.25) is 0 Å². The van der Waals surface area contributed by atoms with Crippen LogP contribution in [0.4, 0.5) is 0 Å². The number of fused-ring (bicyclic) bond motifs is 1. The van der Waals surface area contributed by atoms with Gasteiger partial charge in [-0.15, -0.1) is 11.3 Å². The molecule has 0 fully saturated rings. The summed E-state index contributed by atoms with van der Waals surface area (Å²) in [5, 5.41) is 2.67. The Hall–Kier alpha value is -1.99.